The fourth-order valence-corrected chi connectivity index (χ4v) is 7.38. The van der Waals surface area contributed by atoms with Crippen LogP contribution in [0.4, 0.5) is 10.1 Å². The van der Waals surface area contributed by atoms with E-state index in [1.165, 1.54) is 12.5 Å². The average Bonchev–Trinajstić information content (AvgIpc) is 3.71. The molecule has 6 rings (SSSR count). The fourth-order valence-electron chi connectivity index (χ4n) is 7.38. The van der Waals surface area contributed by atoms with Gasteiger partial charge in [0.15, 0.2) is 0 Å². The Balaban J connectivity index is 1.25. The van der Waals surface area contributed by atoms with Crippen molar-refractivity contribution in [2.24, 2.45) is 23.5 Å². The number of carbonyl (C=O) groups excluding carboxylic acids is 2. The summed E-state index contributed by atoms with van der Waals surface area (Å²) in [6.07, 6.45) is 7.79. The zero-order valence-corrected chi connectivity index (χ0v) is 23.2. The van der Waals surface area contributed by atoms with Crippen LogP contribution in [-0.4, -0.2) is 48.1 Å². The van der Waals surface area contributed by atoms with Gasteiger partial charge in [-0.1, -0.05) is 24.6 Å². The quantitative estimate of drug-likeness (QED) is 0.402. The molecule has 2 bridgehead atoms. The number of ether oxygens (including phenoxy) is 1. The van der Waals surface area contributed by atoms with Crippen LogP contribution in [0.15, 0.2) is 42.6 Å². The maximum Gasteiger partial charge on any atom is 0.256 e. The van der Waals surface area contributed by atoms with Crippen molar-refractivity contribution in [2.75, 3.05) is 32.1 Å². The van der Waals surface area contributed by atoms with E-state index in [0.29, 0.717) is 74.3 Å². The number of hydrogen-bond acceptors (Lipinski definition) is 4. The molecule has 2 amide bonds. The maximum absolute atomic E-state index is 14.6. The zero-order chi connectivity index (χ0) is 27.8. The molecule has 3 aromatic rings. The van der Waals surface area contributed by atoms with Gasteiger partial charge in [0.1, 0.15) is 5.82 Å². The Bertz CT molecular complexity index is 1410. The number of anilines is 1. The third-order valence-corrected chi connectivity index (χ3v) is 9.52. The van der Waals surface area contributed by atoms with Crippen LogP contribution in [0.25, 0.3) is 10.9 Å². The van der Waals surface area contributed by atoms with Gasteiger partial charge in [-0.15, -0.1) is 0 Å². The van der Waals surface area contributed by atoms with Gasteiger partial charge in [0.05, 0.1) is 23.4 Å². The van der Waals surface area contributed by atoms with E-state index in [1.54, 1.807) is 13.2 Å². The van der Waals surface area contributed by atoms with Crippen LogP contribution in [0, 0.1) is 23.6 Å². The molecule has 212 valence electrons. The van der Waals surface area contributed by atoms with Crippen molar-refractivity contribution in [2.45, 2.75) is 57.5 Å². The maximum atomic E-state index is 14.6. The van der Waals surface area contributed by atoms with Crippen LogP contribution in [0.3, 0.4) is 0 Å². The molecule has 3 N–H and O–H groups in total. The molecular weight excluding hydrogens is 507 g/mol. The van der Waals surface area contributed by atoms with Gasteiger partial charge < -0.3 is 25.3 Å². The molecule has 3 atom stereocenters. The van der Waals surface area contributed by atoms with Crippen LogP contribution in [0.5, 0.6) is 0 Å². The number of benzene rings is 2. The molecule has 2 saturated carbocycles. The Hall–Kier alpha value is -3.23. The first-order chi connectivity index (χ1) is 19.5. The van der Waals surface area contributed by atoms with E-state index in [2.05, 4.69) is 5.32 Å². The van der Waals surface area contributed by atoms with Crippen molar-refractivity contribution in [3.8, 4) is 0 Å². The SMILES string of the molecule is COCCn1cc(C(=O)N2CCC(c3cc(CN)ccc3F)CC2)c2c(NC(=O)C3CC4CCC3C4)cccc21. The van der Waals surface area contributed by atoms with Crippen LogP contribution < -0.4 is 11.1 Å². The van der Waals surface area contributed by atoms with E-state index in [-0.39, 0.29) is 29.5 Å². The summed E-state index contributed by atoms with van der Waals surface area (Å²) in [4.78, 5) is 29.2. The van der Waals surface area contributed by atoms with Gasteiger partial charge in [0, 0.05) is 50.8 Å². The summed E-state index contributed by atoms with van der Waals surface area (Å²) in [5.41, 5.74) is 9.58. The van der Waals surface area contributed by atoms with Crippen molar-refractivity contribution in [1.29, 1.82) is 0 Å². The second kappa shape index (κ2) is 11.3. The number of carbonyl (C=O) groups is 2. The second-order valence-electron chi connectivity index (χ2n) is 11.8. The monoisotopic (exact) mass is 546 g/mol. The molecule has 0 spiro atoms. The molecule has 2 aromatic carbocycles. The number of hydrogen-bond donors (Lipinski definition) is 2. The van der Waals surface area contributed by atoms with Crippen molar-refractivity contribution < 1.29 is 18.7 Å². The Morgan fingerprint density at radius 3 is 2.62 bits per heavy atom. The van der Waals surface area contributed by atoms with Crippen molar-refractivity contribution in [3.63, 3.8) is 0 Å². The van der Waals surface area contributed by atoms with E-state index in [0.717, 1.165) is 35.7 Å². The van der Waals surface area contributed by atoms with Gasteiger partial charge in [0.2, 0.25) is 5.91 Å². The van der Waals surface area contributed by atoms with E-state index in [4.69, 9.17) is 10.5 Å². The molecule has 3 aliphatic rings. The number of nitrogens with one attached hydrogen (secondary N) is 1. The summed E-state index contributed by atoms with van der Waals surface area (Å²) < 4.78 is 22.0. The highest BCUT2D eigenvalue weighted by Crippen LogP contribution is 2.48. The molecule has 1 aromatic heterocycles. The molecule has 0 radical (unpaired) electrons. The minimum absolute atomic E-state index is 0.0511. The van der Waals surface area contributed by atoms with Gasteiger partial charge in [-0.2, -0.15) is 0 Å². The van der Waals surface area contributed by atoms with Gasteiger partial charge in [-0.05, 0) is 79.2 Å². The predicted octanol–water partition coefficient (Wildman–Crippen LogP) is 5.28. The number of halogens is 1. The highest BCUT2D eigenvalue weighted by Gasteiger charge is 2.43. The molecule has 3 fully saturated rings. The molecule has 2 heterocycles. The number of fused-ring (bicyclic) bond motifs is 3. The lowest BCUT2D eigenvalue weighted by Gasteiger charge is -2.32. The second-order valence-corrected chi connectivity index (χ2v) is 11.8. The highest BCUT2D eigenvalue weighted by atomic mass is 19.1. The van der Waals surface area contributed by atoms with Crippen molar-refractivity contribution >= 4 is 28.4 Å². The fraction of sp³-hybridized carbons (Fsp3) is 0.500. The first kappa shape index (κ1) is 27.0. The van der Waals surface area contributed by atoms with Gasteiger partial charge in [-0.3, -0.25) is 9.59 Å². The minimum atomic E-state index is -0.209. The molecule has 1 aliphatic heterocycles. The van der Waals surface area contributed by atoms with E-state index in [9.17, 15) is 14.0 Å². The normalized spacial score (nSPS) is 22.8. The Morgan fingerprint density at radius 2 is 1.93 bits per heavy atom. The predicted molar refractivity (Wildman–Crippen MR) is 154 cm³/mol. The molecular formula is C32H39FN4O3. The van der Waals surface area contributed by atoms with Crippen molar-refractivity contribution in [3.05, 3.63) is 65.1 Å². The molecule has 1 saturated heterocycles. The summed E-state index contributed by atoms with van der Waals surface area (Å²) in [7, 11) is 1.66. The Morgan fingerprint density at radius 1 is 1.10 bits per heavy atom. The number of aromatic nitrogens is 1. The minimum Gasteiger partial charge on any atom is -0.383 e. The summed E-state index contributed by atoms with van der Waals surface area (Å²) in [5.74, 6) is 1.07. The van der Waals surface area contributed by atoms with Gasteiger partial charge >= 0.3 is 0 Å². The average molecular weight is 547 g/mol. The van der Waals surface area contributed by atoms with Crippen molar-refractivity contribution in [1.82, 2.24) is 9.47 Å². The van der Waals surface area contributed by atoms with Crippen LogP contribution in [0.2, 0.25) is 0 Å². The Labute approximate surface area is 234 Å². The van der Waals surface area contributed by atoms with Crippen LogP contribution >= 0.6 is 0 Å². The number of nitrogens with zero attached hydrogens (tertiary/aromatic N) is 2. The van der Waals surface area contributed by atoms with Crippen LogP contribution in [-0.2, 0) is 22.6 Å². The first-order valence-corrected chi connectivity index (χ1v) is 14.7. The lowest BCUT2D eigenvalue weighted by Crippen LogP contribution is -2.38. The smallest absolute Gasteiger partial charge is 0.256 e. The number of rotatable bonds is 8. The Kier molecular flexibility index (Phi) is 7.64. The van der Waals surface area contributed by atoms with Gasteiger partial charge in [-0.25, -0.2) is 4.39 Å². The van der Waals surface area contributed by atoms with Gasteiger partial charge in [0.25, 0.3) is 5.91 Å². The van der Waals surface area contributed by atoms with E-state index >= 15 is 0 Å². The number of likely N-dealkylation sites (tertiary alicyclic amines) is 1. The lowest BCUT2D eigenvalue weighted by molar-refractivity contribution is -0.121. The molecule has 8 heteroatoms. The lowest BCUT2D eigenvalue weighted by atomic mass is 9.88. The summed E-state index contributed by atoms with van der Waals surface area (Å²) in [6.45, 7) is 2.57. The third kappa shape index (κ3) is 5.03. The number of amides is 2. The first-order valence-electron chi connectivity index (χ1n) is 14.7. The molecule has 2 aliphatic carbocycles. The summed E-state index contributed by atoms with van der Waals surface area (Å²) in [6, 6.07) is 10.9. The number of methoxy groups -OCH3 is 1. The third-order valence-electron chi connectivity index (χ3n) is 9.52. The zero-order valence-electron chi connectivity index (χ0n) is 23.2. The largest absolute Gasteiger partial charge is 0.383 e. The van der Waals surface area contributed by atoms with Crippen LogP contribution in [0.1, 0.15) is 65.9 Å². The standard InChI is InChI=1S/C32H39FN4O3/c1-40-14-13-37-19-26(32(39)36-11-9-22(10-12-36)24-17-21(18-34)6-8-27(24)33)30-28(3-2-4-29(30)37)35-31(38)25-16-20-5-7-23(25)15-20/h2-4,6,8,17,19-20,22-23,25H,5,7,9-16,18,34H2,1H3,(H,35,38). The van der Waals surface area contributed by atoms with E-state index in [1.807, 2.05) is 39.9 Å². The number of piperidine rings is 1. The highest BCUT2D eigenvalue weighted by molar-refractivity contribution is 6.14. The molecule has 3 unspecified atom stereocenters. The topological polar surface area (TPSA) is 89.6 Å². The molecule has 40 heavy (non-hydrogen) atoms. The summed E-state index contributed by atoms with van der Waals surface area (Å²) >= 11 is 0. The molecule has 7 nitrogen and oxygen atoms in total. The summed E-state index contributed by atoms with van der Waals surface area (Å²) in [5, 5.41) is 4.00. The van der Waals surface area contributed by atoms with E-state index < -0.39 is 0 Å². The number of nitrogens with two attached hydrogens (primary N) is 1.